The molecule has 9 nitrogen and oxygen atoms in total. The van der Waals surface area contributed by atoms with E-state index in [2.05, 4.69) is 5.32 Å². The van der Waals surface area contributed by atoms with Crippen LogP contribution in [-0.4, -0.2) is 57.3 Å². The molecule has 2 amide bonds. The molecule has 0 aromatic heterocycles. The number of anilines is 1. The number of rotatable bonds is 12. The molecule has 2 aromatic rings. The molecule has 12 heteroatoms. The maximum Gasteiger partial charge on any atom is 0.244 e. The van der Waals surface area contributed by atoms with Gasteiger partial charge in [-0.1, -0.05) is 49.5 Å². The standard InChI is InChI=1S/C25H31Cl2N3O6S/c1-4-6-12-28-25(32)21(5-2)29(14-18-19(26)8-7-9-20(18)27)24(31)15-30(37(3,33)34)17-10-11-22-23(13-17)36-16-35-22/h7-11,13,21H,4-6,12,14-16H2,1-3H3,(H,28,32)/t21-/m0/s1. The van der Waals surface area contributed by atoms with Crippen molar-refractivity contribution in [2.24, 2.45) is 0 Å². The van der Waals surface area contributed by atoms with Crippen molar-refractivity contribution in [3.8, 4) is 11.5 Å². The molecule has 202 valence electrons. The molecule has 1 heterocycles. The zero-order valence-corrected chi connectivity index (χ0v) is 23.3. The fourth-order valence-corrected chi connectivity index (χ4v) is 5.29. The first-order valence-electron chi connectivity index (χ1n) is 11.9. The average Bonchev–Trinajstić information content (AvgIpc) is 3.31. The highest BCUT2D eigenvalue weighted by atomic mass is 35.5. The van der Waals surface area contributed by atoms with Gasteiger partial charge in [0.1, 0.15) is 12.6 Å². The number of benzene rings is 2. The van der Waals surface area contributed by atoms with Crippen LogP contribution in [0.2, 0.25) is 10.0 Å². The summed E-state index contributed by atoms with van der Waals surface area (Å²) in [5.74, 6) is -0.0635. The third kappa shape index (κ3) is 7.21. The molecule has 1 atom stereocenters. The molecule has 3 rings (SSSR count). The molecule has 1 N–H and O–H groups in total. The van der Waals surface area contributed by atoms with Crippen molar-refractivity contribution in [3.63, 3.8) is 0 Å². The molecule has 0 spiro atoms. The Morgan fingerprint density at radius 2 is 1.76 bits per heavy atom. The Kier molecular flexibility index (Phi) is 9.92. The summed E-state index contributed by atoms with van der Waals surface area (Å²) < 4.78 is 37.2. The van der Waals surface area contributed by atoms with Gasteiger partial charge in [0.25, 0.3) is 0 Å². The van der Waals surface area contributed by atoms with Gasteiger partial charge in [-0.25, -0.2) is 8.42 Å². The maximum atomic E-state index is 13.8. The molecule has 0 saturated heterocycles. The lowest BCUT2D eigenvalue weighted by atomic mass is 10.1. The summed E-state index contributed by atoms with van der Waals surface area (Å²) in [5, 5.41) is 3.54. The van der Waals surface area contributed by atoms with Crippen LogP contribution in [0.5, 0.6) is 11.5 Å². The molecule has 0 aliphatic carbocycles. The van der Waals surface area contributed by atoms with Gasteiger partial charge in [0.15, 0.2) is 11.5 Å². The summed E-state index contributed by atoms with van der Waals surface area (Å²) in [7, 11) is -3.89. The number of ether oxygens (including phenoxy) is 2. The number of unbranched alkanes of at least 4 members (excludes halogenated alkanes) is 1. The number of fused-ring (bicyclic) bond motifs is 1. The Bertz CT molecular complexity index is 1220. The highest BCUT2D eigenvalue weighted by Crippen LogP contribution is 2.36. The first-order valence-corrected chi connectivity index (χ1v) is 14.5. The number of hydrogen-bond acceptors (Lipinski definition) is 6. The van der Waals surface area contributed by atoms with Crippen LogP contribution in [0.4, 0.5) is 5.69 Å². The summed E-state index contributed by atoms with van der Waals surface area (Å²) in [6.45, 7) is 3.66. The van der Waals surface area contributed by atoms with Crippen molar-refractivity contribution in [2.75, 3.05) is 30.4 Å². The lowest BCUT2D eigenvalue weighted by Gasteiger charge is -2.33. The van der Waals surface area contributed by atoms with Gasteiger partial charge in [0.05, 0.1) is 11.9 Å². The molecule has 0 bridgehead atoms. The van der Waals surface area contributed by atoms with E-state index in [1.807, 2.05) is 6.92 Å². The van der Waals surface area contributed by atoms with Crippen LogP contribution in [0, 0.1) is 0 Å². The lowest BCUT2D eigenvalue weighted by molar-refractivity contribution is -0.140. The third-order valence-corrected chi connectivity index (χ3v) is 7.78. The largest absolute Gasteiger partial charge is 0.454 e. The number of amides is 2. The van der Waals surface area contributed by atoms with Gasteiger partial charge in [-0.15, -0.1) is 0 Å². The molecule has 2 aromatic carbocycles. The number of nitrogens with one attached hydrogen (secondary N) is 1. The van der Waals surface area contributed by atoms with Crippen LogP contribution in [0.3, 0.4) is 0 Å². The summed E-state index contributed by atoms with van der Waals surface area (Å²) in [4.78, 5) is 28.2. The quantitative estimate of drug-likeness (QED) is 0.382. The van der Waals surface area contributed by atoms with Crippen LogP contribution >= 0.6 is 23.2 Å². The number of carbonyl (C=O) groups is 2. The van der Waals surface area contributed by atoms with E-state index >= 15 is 0 Å². The Labute approximate surface area is 227 Å². The topological polar surface area (TPSA) is 105 Å². The fraction of sp³-hybridized carbons (Fsp3) is 0.440. The highest BCUT2D eigenvalue weighted by molar-refractivity contribution is 7.92. The molecule has 1 aliphatic heterocycles. The van der Waals surface area contributed by atoms with Crippen molar-refractivity contribution >= 4 is 50.7 Å². The van der Waals surface area contributed by atoms with E-state index in [0.717, 1.165) is 23.4 Å². The van der Waals surface area contributed by atoms with Gasteiger partial charge in [-0.2, -0.15) is 0 Å². The van der Waals surface area contributed by atoms with E-state index in [1.165, 1.54) is 17.0 Å². The molecular formula is C25H31Cl2N3O6S. The Morgan fingerprint density at radius 3 is 2.38 bits per heavy atom. The zero-order valence-electron chi connectivity index (χ0n) is 21.0. The van der Waals surface area contributed by atoms with Gasteiger partial charge in [-0.3, -0.25) is 13.9 Å². The van der Waals surface area contributed by atoms with Gasteiger partial charge in [0.2, 0.25) is 28.6 Å². The zero-order chi connectivity index (χ0) is 27.2. The van der Waals surface area contributed by atoms with E-state index in [1.54, 1.807) is 31.2 Å². The molecule has 1 aliphatic rings. The third-order valence-electron chi connectivity index (χ3n) is 5.93. The van der Waals surface area contributed by atoms with Crippen LogP contribution < -0.4 is 19.1 Å². The summed E-state index contributed by atoms with van der Waals surface area (Å²) in [6, 6.07) is 8.71. The number of halogens is 2. The Morgan fingerprint density at radius 1 is 1.08 bits per heavy atom. The van der Waals surface area contributed by atoms with E-state index in [-0.39, 0.29) is 24.9 Å². The predicted molar refractivity (Wildman–Crippen MR) is 144 cm³/mol. The van der Waals surface area contributed by atoms with Gasteiger partial charge in [0, 0.05) is 34.8 Å². The van der Waals surface area contributed by atoms with E-state index in [0.29, 0.717) is 40.1 Å². The van der Waals surface area contributed by atoms with Gasteiger partial charge >= 0.3 is 0 Å². The maximum absolute atomic E-state index is 13.8. The number of carbonyl (C=O) groups excluding carboxylic acids is 2. The van der Waals surface area contributed by atoms with Gasteiger partial charge < -0.3 is 19.7 Å². The van der Waals surface area contributed by atoms with E-state index < -0.39 is 28.5 Å². The second kappa shape index (κ2) is 12.7. The minimum Gasteiger partial charge on any atom is -0.454 e. The van der Waals surface area contributed by atoms with Crippen molar-refractivity contribution < 1.29 is 27.5 Å². The van der Waals surface area contributed by atoms with Crippen molar-refractivity contribution in [2.45, 2.75) is 45.7 Å². The monoisotopic (exact) mass is 571 g/mol. The molecule has 0 saturated carbocycles. The minimum atomic E-state index is -3.89. The Hall–Kier alpha value is -2.69. The average molecular weight is 573 g/mol. The Balaban J connectivity index is 1.96. The van der Waals surface area contributed by atoms with Crippen molar-refractivity contribution in [1.82, 2.24) is 10.2 Å². The minimum absolute atomic E-state index is 0.0221. The number of sulfonamides is 1. The molecule has 0 fully saturated rings. The molecule has 0 radical (unpaired) electrons. The SMILES string of the molecule is CCCCNC(=O)[C@H](CC)N(Cc1c(Cl)cccc1Cl)C(=O)CN(c1ccc2c(c1)OCO2)S(C)(=O)=O. The van der Waals surface area contributed by atoms with Crippen molar-refractivity contribution in [3.05, 3.63) is 52.0 Å². The van der Waals surface area contributed by atoms with Crippen LogP contribution in [0.15, 0.2) is 36.4 Å². The predicted octanol–water partition coefficient (Wildman–Crippen LogP) is 4.21. The second-order valence-corrected chi connectivity index (χ2v) is 11.3. The van der Waals surface area contributed by atoms with Crippen LogP contribution in [0.1, 0.15) is 38.7 Å². The molecule has 0 unspecified atom stereocenters. The fourth-order valence-electron chi connectivity index (χ4n) is 3.93. The van der Waals surface area contributed by atoms with E-state index in [9.17, 15) is 18.0 Å². The second-order valence-electron chi connectivity index (χ2n) is 8.60. The summed E-state index contributed by atoms with van der Waals surface area (Å²) in [5.41, 5.74) is 0.698. The van der Waals surface area contributed by atoms with Crippen LogP contribution in [0.25, 0.3) is 0 Å². The highest BCUT2D eigenvalue weighted by Gasteiger charge is 2.33. The summed E-state index contributed by atoms with van der Waals surface area (Å²) in [6.07, 6.45) is 3.00. The number of hydrogen-bond donors (Lipinski definition) is 1. The number of nitrogens with zero attached hydrogens (tertiary/aromatic N) is 2. The lowest BCUT2D eigenvalue weighted by Crippen LogP contribution is -2.52. The molecular weight excluding hydrogens is 541 g/mol. The first-order chi connectivity index (χ1) is 17.6. The smallest absolute Gasteiger partial charge is 0.244 e. The van der Waals surface area contributed by atoms with E-state index in [4.69, 9.17) is 32.7 Å². The normalized spacial score (nSPS) is 13.2. The van der Waals surface area contributed by atoms with Crippen molar-refractivity contribution in [1.29, 1.82) is 0 Å². The summed E-state index contributed by atoms with van der Waals surface area (Å²) >= 11 is 12.8. The molecule has 37 heavy (non-hydrogen) atoms. The van der Waals surface area contributed by atoms with Crippen LogP contribution in [-0.2, 0) is 26.2 Å². The van der Waals surface area contributed by atoms with Gasteiger partial charge in [-0.05, 0) is 37.1 Å². The first kappa shape index (κ1) is 28.9.